The average Bonchev–Trinajstić information content (AvgIpc) is 2.82. The molecule has 0 heterocycles. The van der Waals surface area contributed by atoms with Crippen LogP contribution in [0.5, 0.6) is 0 Å². The van der Waals surface area contributed by atoms with Gasteiger partial charge in [-0.05, 0) is 54.4 Å². The van der Waals surface area contributed by atoms with Gasteiger partial charge in [-0.2, -0.15) is 0 Å². The van der Waals surface area contributed by atoms with Gasteiger partial charge in [0.2, 0.25) is 0 Å². The molecule has 0 spiro atoms. The molecule has 1 fully saturated rings. The van der Waals surface area contributed by atoms with Gasteiger partial charge < -0.3 is 5.11 Å². The van der Waals surface area contributed by atoms with E-state index < -0.39 is 6.10 Å². The SMILES string of the molecule is CC(C)CC1(C(O)Cc2cc(Br)ccc2F)CCCC1. The van der Waals surface area contributed by atoms with Crippen LogP contribution in [0, 0.1) is 17.2 Å². The fourth-order valence-electron chi connectivity index (χ4n) is 3.69. The van der Waals surface area contributed by atoms with Crippen molar-refractivity contribution < 1.29 is 9.50 Å². The lowest BCUT2D eigenvalue weighted by molar-refractivity contribution is 0.0128. The highest BCUT2D eigenvalue weighted by atomic mass is 79.9. The second kappa shape index (κ2) is 6.57. The Morgan fingerprint density at radius 2 is 1.95 bits per heavy atom. The summed E-state index contributed by atoms with van der Waals surface area (Å²) < 4.78 is 14.7. The van der Waals surface area contributed by atoms with Gasteiger partial charge >= 0.3 is 0 Å². The molecule has 1 aromatic carbocycles. The van der Waals surface area contributed by atoms with Gasteiger partial charge in [-0.1, -0.05) is 42.6 Å². The van der Waals surface area contributed by atoms with E-state index in [9.17, 15) is 9.50 Å². The molecule has 0 amide bonds. The molecular weight excluding hydrogens is 319 g/mol. The van der Waals surface area contributed by atoms with Crippen LogP contribution in [0.2, 0.25) is 0 Å². The van der Waals surface area contributed by atoms with Gasteiger partial charge in [0.1, 0.15) is 5.82 Å². The number of hydrogen-bond donors (Lipinski definition) is 1. The largest absolute Gasteiger partial charge is 0.392 e. The summed E-state index contributed by atoms with van der Waals surface area (Å²) >= 11 is 3.38. The Kier molecular flexibility index (Phi) is 5.25. The Bertz CT molecular complexity index is 452. The molecule has 2 rings (SSSR count). The molecule has 1 saturated carbocycles. The molecule has 1 unspecified atom stereocenters. The van der Waals surface area contributed by atoms with Crippen LogP contribution in [0.4, 0.5) is 4.39 Å². The third kappa shape index (κ3) is 3.62. The number of benzene rings is 1. The van der Waals surface area contributed by atoms with Gasteiger partial charge in [0.05, 0.1) is 6.10 Å². The summed E-state index contributed by atoms with van der Waals surface area (Å²) in [5.41, 5.74) is 0.602. The van der Waals surface area contributed by atoms with E-state index in [2.05, 4.69) is 29.8 Å². The maximum absolute atomic E-state index is 13.9. The molecule has 0 saturated heterocycles. The molecule has 1 atom stereocenters. The van der Waals surface area contributed by atoms with Crippen LogP contribution in [0.25, 0.3) is 0 Å². The van der Waals surface area contributed by atoms with Crippen molar-refractivity contribution in [2.75, 3.05) is 0 Å². The highest BCUT2D eigenvalue weighted by molar-refractivity contribution is 9.10. The van der Waals surface area contributed by atoms with Crippen molar-refractivity contribution in [3.05, 3.63) is 34.1 Å². The minimum absolute atomic E-state index is 0.0110. The molecule has 20 heavy (non-hydrogen) atoms. The molecule has 0 aromatic heterocycles. The Morgan fingerprint density at radius 3 is 2.55 bits per heavy atom. The second-order valence-electron chi connectivity index (χ2n) is 6.62. The Balaban J connectivity index is 2.16. The fourth-order valence-corrected chi connectivity index (χ4v) is 4.10. The van der Waals surface area contributed by atoms with Crippen molar-refractivity contribution in [1.29, 1.82) is 0 Å². The maximum atomic E-state index is 13.9. The summed E-state index contributed by atoms with van der Waals surface area (Å²) in [5.74, 6) is 0.347. The quantitative estimate of drug-likeness (QED) is 0.789. The van der Waals surface area contributed by atoms with Gasteiger partial charge in [-0.15, -0.1) is 0 Å². The predicted octanol–water partition coefficient (Wildman–Crippen LogP) is 5.10. The highest BCUT2D eigenvalue weighted by Gasteiger charge is 2.40. The lowest BCUT2D eigenvalue weighted by Gasteiger charge is -2.36. The molecule has 0 aliphatic heterocycles. The summed E-state index contributed by atoms with van der Waals surface area (Å²) in [4.78, 5) is 0. The zero-order chi connectivity index (χ0) is 14.8. The van der Waals surface area contributed by atoms with E-state index in [1.54, 1.807) is 12.1 Å². The topological polar surface area (TPSA) is 20.2 Å². The van der Waals surface area contributed by atoms with Crippen molar-refractivity contribution in [3.8, 4) is 0 Å². The van der Waals surface area contributed by atoms with Gasteiger partial charge in [0.15, 0.2) is 0 Å². The molecule has 0 radical (unpaired) electrons. The van der Waals surface area contributed by atoms with Gasteiger partial charge in [0, 0.05) is 10.9 Å². The summed E-state index contributed by atoms with van der Waals surface area (Å²) in [6.45, 7) is 4.40. The Hall–Kier alpha value is -0.410. The first kappa shape index (κ1) is 16.0. The number of hydrogen-bond acceptors (Lipinski definition) is 1. The van der Waals surface area contributed by atoms with Crippen LogP contribution >= 0.6 is 15.9 Å². The molecular formula is C17H24BrFO. The molecule has 3 heteroatoms. The zero-order valence-electron chi connectivity index (χ0n) is 12.3. The lowest BCUT2D eigenvalue weighted by Crippen LogP contribution is -2.35. The summed E-state index contributed by atoms with van der Waals surface area (Å²) in [5, 5.41) is 10.7. The number of aliphatic hydroxyl groups is 1. The van der Waals surface area contributed by atoms with Gasteiger partial charge in [-0.3, -0.25) is 0 Å². The van der Waals surface area contributed by atoms with Crippen LogP contribution < -0.4 is 0 Å². The van der Waals surface area contributed by atoms with E-state index >= 15 is 0 Å². The van der Waals surface area contributed by atoms with Crippen LogP contribution in [-0.2, 0) is 6.42 Å². The number of rotatable bonds is 5. The zero-order valence-corrected chi connectivity index (χ0v) is 13.9. The highest BCUT2D eigenvalue weighted by Crippen LogP contribution is 2.46. The third-order valence-corrected chi connectivity index (χ3v) is 5.04. The molecule has 1 aliphatic rings. The standard InChI is InChI=1S/C17H24BrFO/c1-12(2)11-17(7-3-4-8-17)16(20)10-13-9-14(18)5-6-15(13)19/h5-6,9,12,16,20H,3-4,7-8,10-11H2,1-2H3. The number of aliphatic hydroxyl groups excluding tert-OH is 1. The molecule has 1 nitrogen and oxygen atoms in total. The van der Waals surface area contributed by atoms with Crippen LogP contribution in [0.15, 0.2) is 22.7 Å². The summed E-state index contributed by atoms with van der Waals surface area (Å²) in [6.07, 6.45) is 5.51. The lowest BCUT2D eigenvalue weighted by atomic mass is 9.72. The first-order valence-electron chi connectivity index (χ1n) is 7.55. The molecule has 0 bridgehead atoms. The normalized spacial score (nSPS) is 19.5. The van der Waals surface area contributed by atoms with E-state index in [1.165, 1.54) is 18.9 Å². The molecule has 1 aromatic rings. The van der Waals surface area contributed by atoms with Gasteiger partial charge in [0.25, 0.3) is 0 Å². The Labute approximate surface area is 129 Å². The molecule has 1 aliphatic carbocycles. The summed E-state index contributed by atoms with van der Waals surface area (Å²) in [6, 6.07) is 4.96. The van der Waals surface area contributed by atoms with Crippen LogP contribution in [0.3, 0.4) is 0 Å². The van der Waals surface area contributed by atoms with Crippen LogP contribution in [0.1, 0.15) is 51.5 Å². The smallest absolute Gasteiger partial charge is 0.126 e. The minimum atomic E-state index is -0.448. The minimum Gasteiger partial charge on any atom is -0.392 e. The summed E-state index contributed by atoms with van der Waals surface area (Å²) in [7, 11) is 0. The van der Waals surface area contributed by atoms with E-state index in [0.29, 0.717) is 17.9 Å². The van der Waals surface area contributed by atoms with Crippen molar-refractivity contribution in [2.24, 2.45) is 11.3 Å². The van der Waals surface area contributed by atoms with Gasteiger partial charge in [-0.25, -0.2) is 4.39 Å². The van der Waals surface area contributed by atoms with E-state index in [-0.39, 0.29) is 11.2 Å². The van der Waals surface area contributed by atoms with E-state index in [1.807, 2.05) is 0 Å². The van der Waals surface area contributed by atoms with Crippen LogP contribution in [-0.4, -0.2) is 11.2 Å². The van der Waals surface area contributed by atoms with E-state index in [4.69, 9.17) is 0 Å². The van der Waals surface area contributed by atoms with Crippen molar-refractivity contribution >= 4 is 15.9 Å². The molecule has 112 valence electrons. The molecule has 1 N–H and O–H groups in total. The third-order valence-electron chi connectivity index (χ3n) is 4.54. The average molecular weight is 343 g/mol. The predicted molar refractivity (Wildman–Crippen MR) is 84.2 cm³/mol. The van der Waals surface area contributed by atoms with E-state index in [0.717, 1.165) is 23.7 Å². The Morgan fingerprint density at radius 1 is 1.30 bits per heavy atom. The van der Waals surface area contributed by atoms with Crippen molar-refractivity contribution in [1.82, 2.24) is 0 Å². The second-order valence-corrected chi connectivity index (χ2v) is 7.54. The first-order chi connectivity index (χ1) is 9.43. The van der Waals surface area contributed by atoms with Crippen molar-refractivity contribution in [2.45, 2.75) is 58.5 Å². The first-order valence-corrected chi connectivity index (χ1v) is 8.34. The fraction of sp³-hybridized carbons (Fsp3) is 0.647. The maximum Gasteiger partial charge on any atom is 0.126 e. The monoisotopic (exact) mass is 342 g/mol. The van der Waals surface area contributed by atoms with Crippen molar-refractivity contribution in [3.63, 3.8) is 0 Å². The number of halogens is 2.